The van der Waals surface area contributed by atoms with Crippen LogP contribution >= 0.6 is 0 Å². The zero-order chi connectivity index (χ0) is 13.0. The van der Waals surface area contributed by atoms with Crippen molar-refractivity contribution in [2.75, 3.05) is 13.2 Å². The molecule has 0 aliphatic carbocycles. The van der Waals surface area contributed by atoms with E-state index in [-0.39, 0.29) is 6.04 Å². The number of benzene rings is 1. The maximum absolute atomic E-state index is 5.78. The van der Waals surface area contributed by atoms with Crippen molar-refractivity contribution in [2.24, 2.45) is 11.8 Å². The summed E-state index contributed by atoms with van der Waals surface area (Å²) in [6, 6.07) is 6.69. The van der Waals surface area contributed by atoms with E-state index in [2.05, 4.69) is 37.5 Å². The molecule has 1 unspecified atom stereocenters. The van der Waals surface area contributed by atoms with Crippen LogP contribution in [0.5, 0.6) is 0 Å². The third-order valence-corrected chi connectivity index (χ3v) is 4.00. The molecule has 1 heterocycles. The Kier molecular flexibility index (Phi) is 4.75. The topological polar surface area (TPSA) is 47.3 Å². The zero-order valence-corrected chi connectivity index (χ0v) is 11.4. The molecule has 1 atom stereocenters. The highest BCUT2D eigenvalue weighted by Gasteiger charge is 2.21. The van der Waals surface area contributed by atoms with Gasteiger partial charge >= 0.3 is 0 Å². The lowest BCUT2D eigenvalue weighted by molar-refractivity contribution is 0.0604. The summed E-state index contributed by atoms with van der Waals surface area (Å²) in [6.45, 7) is 6.12. The SMILES string of the molecule is Cc1cccc(C)c1C(CC1CCOCC1)NN. The molecule has 1 aromatic carbocycles. The lowest BCUT2D eigenvalue weighted by atomic mass is 9.86. The van der Waals surface area contributed by atoms with Crippen molar-refractivity contribution in [1.29, 1.82) is 0 Å². The molecule has 1 aromatic rings. The van der Waals surface area contributed by atoms with Crippen LogP contribution in [-0.4, -0.2) is 13.2 Å². The molecule has 0 bridgehead atoms. The van der Waals surface area contributed by atoms with Gasteiger partial charge in [0.2, 0.25) is 0 Å². The third-order valence-electron chi connectivity index (χ3n) is 4.00. The van der Waals surface area contributed by atoms with Crippen LogP contribution < -0.4 is 11.3 Å². The molecule has 0 aromatic heterocycles. The van der Waals surface area contributed by atoms with E-state index >= 15 is 0 Å². The minimum absolute atomic E-state index is 0.259. The summed E-state index contributed by atoms with van der Waals surface area (Å²) in [4.78, 5) is 0. The first kappa shape index (κ1) is 13.5. The number of rotatable bonds is 4. The van der Waals surface area contributed by atoms with Gasteiger partial charge in [-0.15, -0.1) is 0 Å². The quantitative estimate of drug-likeness (QED) is 0.636. The van der Waals surface area contributed by atoms with Crippen LogP contribution in [0.4, 0.5) is 0 Å². The number of hydrogen-bond donors (Lipinski definition) is 2. The van der Waals surface area contributed by atoms with Gasteiger partial charge in [-0.3, -0.25) is 11.3 Å². The largest absolute Gasteiger partial charge is 0.381 e. The number of nitrogens with one attached hydrogen (secondary N) is 1. The minimum atomic E-state index is 0.259. The lowest BCUT2D eigenvalue weighted by Gasteiger charge is -2.28. The van der Waals surface area contributed by atoms with Gasteiger partial charge in [-0.25, -0.2) is 0 Å². The molecule has 1 aliphatic rings. The van der Waals surface area contributed by atoms with Gasteiger partial charge in [-0.05, 0) is 55.7 Å². The van der Waals surface area contributed by atoms with Gasteiger partial charge in [0, 0.05) is 19.3 Å². The number of hydrazine groups is 1. The molecule has 0 saturated carbocycles. The highest BCUT2D eigenvalue weighted by atomic mass is 16.5. The van der Waals surface area contributed by atoms with Crippen molar-refractivity contribution in [3.63, 3.8) is 0 Å². The second kappa shape index (κ2) is 6.32. The molecule has 3 nitrogen and oxygen atoms in total. The fourth-order valence-corrected chi connectivity index (χ4v) is 2.96. The monoisotopic (exact) mass is 248 g/mol. The van der Waals surface area contributed by atoms with Crippen LogP contribution in [-0.2, 0) is 4.74 Å². The van der Waals surface area contributed by atoms with Crippen LogP contribution in [0.25, 0.3) is 0 Å². The van der Waals surface area contributed by atoms with Gasteiger partial charge < -0.3 is 4.74 Å². The van der Waals surface area contributed by atoms with Gasteiger partial charge in [0.1, 0.15) is 0 Å². The molecule has 2 rings (SSSR count). The second-order valence-electron chi connectivity index (χ2n) is 5.32. The van der Waals surface area contributed by atoms with Gasteiger partial charge in [0.05, 0.1) is 0 Å². The van der Waals surface area contributed by atoms with E-state index in [1.165, 1.54) is 16.7 Å². The molecular weight excluding hydrogens is 224 g/mol. The summed E-state index contributed by atoms with van der Waals surface area (Å²) < 4.78 is 5.42. The number of nitrogens with two attached hydrogens (primary N) is 1. The van der Waals surface area contributed by atoms with Gasteiger partial charge in [0.15, 0.2) is 0 Å². The predicted octanol–water partition coefficient (Wildman–Crippen LogP) is 2.62. The smallest absolute Gasteiger partial charge is 0.0468 e. The maximum Gasteiger partial charge on any atom is 0.0468 e. The first-order valence-corrected chi connectivity index (χ1v) is 6.82. The first-order valence-electron chi connectivity index (χ1n) is 6.82. The summed E-state index contributed by atoms with van der Waals surface area (Å²) in [5.74, 6) is 6.50. The van der Waals surface area contributed by atoms with Crippen molar-refractivity contribution in [1.82, 2.24) is 5.43 Å². The Balaban J connectivity index is 2.12. The highest BCUT2D eigenvalue weighted by Crippen LogP contribution is 2.30. The number of ether oxygens (including phenoxy) is 1. The maximum atomic E-state index is 5.78. The summed E-state index contributed by atoms with van der Waals surface area (Å²) in [7, 11) is 0. The summed E-state index contributed by atoms with van der Waals surface area (Å²) in [5.41, 5.74) is 7.02. The van der Waals surface area contributed by atoms with E-state index in [0.29, 0.717) is 0 Å². The van der Waals surface area contributed by atoms with Gasteiger partial charge in [-0.2, -0.15) is 0 Å². The molecule has 0 amide bonds. The zero-order valence-electron chi connectivity index (χ0n) is 11.4. The Bertz CT molecular complexity index is 366. The minimum Gasteiger partial charge on any atom is -0.381 e. The highest BCUT2D eigenvalue weighted by molar-refractivity contribution is 5.36. The fourth-order valence-electron chi connectivity index (χ4n) is 2.96. The van der Waals surface area contributed by atoms with Crippen molar-refractivity contribution < 1.29 is 4.74 Å². The Labute approximate surface area is 110 Å². The van der Waals surface area contributed by atoms with Gasteiger partial charge in [0.25, 0.3) is 0 Å². The first-order chi connectivity index (χ1) is 8.72. The van der Waals surface area contributed by atoms with Gasteiger partial charge in [-0.1, -0.05) is 18.2 Å². The average Bonchev–Trinajstić information content (AvgIpc) is 2.38. The fraction of sp³-hybridized carbons (Fsp3) is 0.600. The van der Waals surface area contributed by atoms with E-state index in [4.69, 9.17) is 10.6 Å². The molecule has 0 spiro atoms. The van der Waals surface area contributed by atoms with Crippen LogP contribution in [0.2, 0.25) is 0 Å². The van der Waals surface area contributed by atoms with E-state index in [9.17, 15) is 0 Å². The second-order valence-corrected chi connectivity index (χ2v) is 5.32. The molecule has 1 fully saturated rings. The standard InChI is InChI=1S/C15H24N2O/c1-11-4-3-5-12(2)15(11)14(17-16)10-13-6-8-18-9-7-13/h3-5,13-14,17H,6-10,16H2,1-2H3. The molecular formula is C15H24N2O. The van der Waals surface area contributed by atoms with Crippen LogP contribution in [0, 0.1) is 19.8 Å². The van der Waals surface area contributed by atoms with Crippen LogP contribution in [0.15, 0.2) is 18.2 Å². The Morgan fingerprint density at radius 3 is 2.44 bits per heavy atom. The van der Waals surface area contributed by atoms with Crippen molar-refractivity contribution >= 4 is 0 Å². The summed E-state index contributed by atoms with van der Waals surface area (Å²) in [5, 5.41) is 0. The van der Waals surface area contributed by atoms with Crippen LogP contribution in [0.3, 0.4) is 0 Å². The average molecular weight is 248 g/mol. The summed E-state index contributed by atoms with van der Waals surface area (Å²) >= 11 is 0. The van der Waals surface area contributed by atoms with Crippen LogP contribution in [0.1, 0.15) is 42.0 Å². The molecule has 1 saturated heterocycles. The number of hydrogen-bond acceptors (Lipinski definition) is 3. The molecule has 3 N–H and O–H groups in total. The molecule has 100 valence electrons. The normalized spacial score (nSPS) is 18.8. The number of aryl methyl sites for hydroxylation is 2. The molecule has 3 heteroatoms. The van der Waals surface area contributed by atoms with E-state index in [0.717, 1.165) is 38.4 Å². The molecule has 0 radical (unpaired) electrons. The predicted molar refractivity (Wildman–Crippen MR) is 74.1 cm³/mol. The van der Waals surface area contributed by atoms with Crippen molar-refractivity contribution in [2.45, 2.75) is 39.2 Å². The Hall–Kier alpha value is -0.900. The van der Waals surface area contributed by atoms with E-state index in [1.807, 2.05) is 0 Å². The van der Waals surface area contributed by atoms with Crippen molar-refractivity contribution in [3.05, 3.63) is 34.9 Å². The van der Waals surface area contributed by atoms with E-state index < -0.39 is 0 Å². The Morgan fingerprint density at radius 1 is 1.28 bits per heavy atom. The Morgan fingerprint density at radius 2 is 1.89 bits per heavy atom. The van der Waals surface area contributed by atoms with Crippen molar-refractivity contribution in [3.8, 4) is 0 Å². The molecule has 18 heavy (non-hydrogen) atoms. The third kappa shape index (κ3) is 3.10. The van der Waals surface area contributed by atoms with E-state index in [1.54, 1.807) is 0 Å². The summed E-state index contributed by atoms with van der Waals surface area (Å²) in [6.07, 6.45) is 3.41. The molecule has 1 aliphatic heterocycles. The lowest BCUT2D eigenvalue weighted by Crippen LogP contribution is -2.32.